The van der Waals surface area contributed by atoms with Gasteiger partial charge in [-0.05, 0) is 48.2 Å². The van der Waals surface area contributed by atoms with E-state index in [2.05, 4.69) is 10.6 Å². The number of amides is 3. The van der Waals surface area contributed by atoms with Crippen LogP contribution in [0.2, 0.25) is 0 Å². The van der Waals surface area contributed by atoms with Crippen LogP contribution in [0.3, 0.4) is 0 Å². The van der Waals surface area contributed by atoms with E-state index in [0.29, 0.717) is 12.1 Å². The van der Waals surface area contributed by atoms with Crippen molar-refractivity contribution < 1.29 is 9.59 Å². The van der Waals surface area contributed by atoms with Crippen molar-refractivity contribution in [2.75, 3.05) is 22.1 Å². The molecule has 0 unspecified atom stereocenters. The number of carbonyl (C=O) groups excluding carboxylic acids is 2. The van der Waals surface area contributed by atoms with E-state index in [-0.39, 0.29) is 11.9 Å². The van der Waals surface area contributed by atoms with Crippen LogP contribution in [0.4, 0.5) is 21.2 Å². The highest BCUT2D eigenvalue weighted by Gasteiger charge is 2.21. The van der Waals surface area contributed by atoms with Crippen molar-refractivity contribution in [1.82, 2.24) is 0 Å². The summed E-state index contributed by atoms with van der Waals surface area (Å²) in [6, 6.07) is 10.7. The van der Waals surface area contributed by atoms with Gasteiger partial charge in [-0.15, -0.1) is 11.3 Å². The van der Waals surface area contributed by atoms with Crippen molar-refractivity contribution in [3.05, 3.63) is 41.8 Å². The SMILES string of the molecule is O=C(Nc1ccc(N2CCCC2=O)cc1)Nc1cccs1. The lowest BCUT2D eigenvalue weighted by Gasteiger charge is -2.16. The number of hydrogen-bond donors (Lipinski definition) is 2. The molecule has 0 aliphatic carbocycles. The summed E-state index contributed by atoms with van der Waals surface area (Å²) in [7, 11) is 0. The van der Waals surface area contributed by atoms with E-state index in [1.807, 2.05) is 29.6 Å². The molecule has 1 aromatic heterocycles. The Morgan fingerprint density at radius 1 is 1.14 bits per heavy atom. The van der Waals surface area contributed by atoms with Crippen LogP contribution in [-0.2, 0) is 4.79 Å². The molecule has 0 saturated carbocycles. The highest BCUT2D eigenvalue weighted by Crippen LogP contribution is 2.23. The van der Waals surface area contributed by atoms with Crippen LogP contribution >= 0.6 is 11.3 Å². The zero-order chi connectivity index (χ0) is 14.7. The quantitative estimate of drug-likeness (QED) is 0.911. The molecule has 1 aliphatic rings. The van der Waals surface area contributed by atoms with Crippen molar-refractivity contribution in [2.45, 2.75) is 12.8 Å². The normalized spacial score (nSPS) is 14.3. The number of carbonyl (C=O) groups is 2. The Labute approximate surface area is 126 Å². The van der Waals surface area contributed by atoms with Gasteiger partial charge >= 0.3 is 6.03 Å². The second-order valence-corrected chi connectivity index (χ2v) is 5.70. The molecule has 2 N–H and O–H groups in total. The molecule has 5 nitrogen and oxygen atoms in total. The largest absolute Gasteiger partial charge is 0.324 e. The summed E-state index contributed by atoms with van der Waals surface area (Å²) in [5.41, 5.74) is 1.57. The van der Waals surface area contributed by atoms with Crippen LogP contribution in [0.1, 0.15) is 12.8 Å². The van der Waals surface area contributed by atoms with E-state index in [1.54, 1.807) is 17.0 Å². The van der Waals surface area contributed by atoms with Crippen LogP contribution in [0, 0.1) is 0 Å². The average Bonchev–Trinajstić information content (AvgIpc) is 3.11. The maximum atomic E-state index is 11.8. The first-order chi connectivity index (χ1) is 10.2. The van der Waals surface area contributed by atoms with Gasteiger partial charge in [0.15, 0.2) is 0 Å². The number of hydrogen-bond acceptors (Lipinski definition) is 3. The topological polar surface area (TPSA) is 61.4 Å². The molecule has 2 aromatic rings. The number of anilines is 3. The summed E-state index contributed by atoms with van der Waals surface area (Å²) in [4.78, 5) is 25.2. The van der Waals surface area contributed by atoms with Crippen LogP contribution in [0.5, 0.6) is 0 Å². The van der Waals surface area contributed by atoms with Gasteiger partial charge < -0.3 is 10.2 Å². The van der Waals surface area contributed by atoms with Gasteiger partial charge in [0.05, 0.1) is 5.00 Å². The van der Waals surface area contributed by atoms with Gasteiger partial charge in [-0.25, -0.2) is 4.79 Å². The first-order valence-corrected chi connectivity index (χ1v) is 7.62. The molecule has 3 rings (SSSR count). The predicted octanol–water partition coefficient (Wildman–Crippen LogP) is 3.52. The van der Waals surface area contributed by atoms with Gasteiger partial charge in [-0.3, -0.25) is 10.1 Å². The zero-order valence-electron chi connectivity index (χ0n) is 11.3. The fourth-order valence-corrected chi connectivity index (χ4v) is 2.88. The van der Waals surface area contributed by atoms with E-state index in [9.17, 15) is 9.59 Å². The molecule has 6 heteroatoms. The molecule has 1 aliphatic heterocycles. The standard InChI is InChI=1S/C15H15N3O2S/c19-14-4-1-9-18(14)12-7-5-11(6-8-12)16-15(20)17-13-3-2-10-21-13/h2-3,5-8,10H,1,4,9H2,(H2,16,17,20). The Kier molecular flexibility index (Phi) is 3.87. The van der Waals surface area contributed by atoms with Crippen molar-refractivity contribution >= 4 is 39.7 Å². The molecule has 0 bridgehead atoms. The van der Waals surface area contributed by atoms with Gasteiger partial charge in [0.1, 0.15) is 0 Å². The van der Waals surface area contributed by atoms with E-state index in [0.717, 1.165) is 23.7 Å². The summed E-state index contributed by atoms with van der Waals surface area (Å²) in [6.07, 6.45) is 1.52. The van der Waals surface area contributed by atoms with E-state index in [4.69, 9.17) is 0 Å². The predicted molar refractivity (Wildman–Crippen MR) is 85.0 cm³/mol. The third-order valence-corrected chi connectivity index (χ3v) is 4.05. The molecule has 1 saturated heterocycles. The van der Waals surface area contributed by atoms with Gasteiger partial charge in [0, 0.05) is 24.3 Å². The lowest BCUT2D eigenvalue weighted by Crippen LogP contribution is -2.23. The Bertz CT molecular complexity index is 637. The second kappa shape index (κ2) is 5.97. The van der Waals surface area contributed by atoms with Gasteiger partial charge in [-0.2, -0.15) is 0 Å². The lowest BCUT2D eigenvalue weighted by molar-refractivity contribution is -0.117. The number of benzene rings is 1. The smallest absolute Gasteiger partial charge is 0.312 e. The Balaban J connectivity index is 1.61. The summed E-state index contributed by atoms with van der Waals surface area (Å²) in [6.45, 7) is 0.768. The van der Waals surface area contributed by atoms with Crippen molar-refractivity contribution in [1.29, 1.82) is 0 Å². The summed E-state index contributed by atoms with van der Waals surface area (Å²) in [5.74, 6) is 0.158. The third kappa shape index (κ3) is 3.22. The van der Waals surface area contributed by atoms with Crippen LogP contribution in [-0.4, -0.2) is 18.5 Å². The molecule has 1 fully saturated rings. The number of nitrogens with zero attached hydrogens (tertiary/aromatic N) is 1. The summed E-state index contributed by atoms with van der Waals surface area (Å²) < 4.78 is 0. The summed E-state index contributed by atoms with van der Waals surface area (Å²) in [5, 5.41) is 8.21. The molecular formula is C15H15N3O2S. The average molecular weight is 301 g/mol. The van der Waals surface area contributed by atoms with Gasteiger partial charge in [-0.1, -0.05) is 0 Å². The maximum Gasteiger partial charge on any atom is 0.324 e. The van der Waals surface area contributed by atoms with E-state index in [1.165, 1.54) is 11.3 Å². The minimum atomic E-state index is -0.276. The number of urea groups is 1. The monoisotopic (exact) mass is 301 g/mol. The van der Waals surface area contributed by atoms with Crippen LogP contribution in [0.25, 0.3) is 0 Å². The Morgan fingerprint density at radius 3 is 2.57 bits per heavy atom. The third-order valence-electron chi connectivity index (χ3n) is 3.27. The van der Waals surface area contributed by atoms with E-state index >= 15 is 0 Å². The van der Waals surface area contributed by atoms with Crippen LogP contribution in [0.15, 0.2) is 41.8 Å². The van der Waals surface area contributed by atoms with Gasteiger partial charge in [0.25, 0.3) is 0 Å². The zero-order valence-corrected chi connectivity index (χ0v) is 12.2. The number of nitrogens with one attached hydrogen (secondary N) is 2. The molecule has 108 valence electrons. The summed E-state index contributed by atoms with van der Waals surface area (Å²) >= 11 is 1.47. The van der Waals surface area contributed by atoms with Crippen molar-refractivity contribution in [3.8, 4) is 0 Å². The highest BCUT2D eigenvalue weighted by atomic mass is 32.1. The fraction of sp³-hybridized carbons (Fsp3) is 0.200. The minimum Gasteiger partial charge on any atom is -0.312 e. The molecule has 1 aromatic carbocycles. The second-order valence-electron chi connectivity index (χ2n) is 4.75. The molecular weight excluding hydrogens is 286 g/mol. The molecule has 3 amide bonds. The molecule has 21 heavy (non-hydrogen) atoms. The van der Waals surface area contributed by atoms with Gasteiger partial charge in [0.2, 0.25) is 5.91 Å². The first kappa shape index (κ1) is 13.6. The van der Waals surface area contributed by atoms with Crippen LogP contribution < -0.4 is 15.5 Å². The molecule has 2 heterocycles. The lowest BCUT2D eigenvalue weighted by atomic mass is 10.2. The van der Waals surface area contributed by atoms with Crippen molar-refractivity contribution in [3.63, 3.8) is 0 Å². The maximum absolute atomic E-state index is 11.8. The molecule has 0 spiro atoms. The Hall–Kier alpha value is -2.34. The Morgan fingerprint density at radius 2 is 1.95 bits per heavy atom. The first-order valence-electron chi connectivity index (χ1n) is 6.74. The fourth-order valence-electron chi connectivity index (χ4n) is 2.27. The van der Waals surface area contributed by atoms with E-state index < -0.39 is 0 Å². The number of rotatable bonds is 3. The number of thiophene rings is 1. The highest BCUT2D eigenvalue weighted by molar-refractivity contribution is 7.14. The van der Waals surface area contributed by atoms with Crippen molar-refractivity contribution in [2.24, 2.45) is 0 Å². The minimum absolute atomic E-state index is 0.158. The molecule has 0 atom stereocenters. The molecule has 0 radical (unpaired) electrons.